The quantitative estimate of drug-likeness (QED) is 0.416. The molecule has 0 aromatic heterocycles. The molecule has 1 N–H and O–H groups in total. The van der Waals surface area contributed by atoms with Crippen molar-refractivity contribution in [1.82, 2.24) is 0 Å². The van der Waals surface area contributed by atoms with Crippen LogP contribution in [0.2, 0.25) is 0 Å². The van der Waals surface area contributed by atoms with E-state index in [4.69, 9.17) is 14.4 Å². The van der Waals surface area contributed by atoms with Crippen LogP contribution in [-0.2, 0) is 21.7 Å². The number of phenolic OH excluding ortho intramolecular Hbond substituents is 1. The maximum Gasteiger partial charge on any atom is 0.495 e. The van der Waals surface area contributed by atoms with E-state index in [0.717, 1.165) is 30.3 Å². The number of hydrogen-bond donors (Lipinski definition) is 1. The molecule has 0 atom stereocenters. The minimum atomic E-state index is -4.33. The smallest absolute Gasteiger partial charge is 0.495 e. The third-order valence-electron chi connectivity index (χ3n) is 5.63. The Balaban J connectivity index is 0.000000258. The molecule has 0 bridgehead atoms. The summed E-state index contributed by atoms with van der Waals surface area (Å²) in [6, 6.07) is 6.42. The SMILES string of the molecule is Cc1cc(C(F)(F)F)ccc1B1OC(C)(C)C(C)(C)O1.Cc1cc(C(F)(F)F)ccc1O. The highest BCUT2D eigenvalue weighted by Crippen LogP contribution is 2.37. The molecule has 1 heterocycles. The molecule has 2 aromatic rings. The second-order valence-electron chi connectivity index (χ2n) is 8.66. The summed E-state index contributed by atoms with van der Waals surface area (Å²) in [5, 5.41) is 8.94. The van der Waals surface area contributed by atoms with E-state index in [1.807, 2.05) is 27.7 Å². The van der Waals surface area contributed by atoms with Crippen molar-refractivity contribution in [2.75, 3.05) is 0 Å². The molecule has 32 heavy (non-hydrogen) atoms. The summed E-state index contributed by atoms with van der Waals surface area (Å²) >= 11 is 0. The molecule has 0 saturated carbocycles. The molecule has 0 unspecified atom stereocenters. The number of alkyl halides is 6. The average molecular weight is 462 g/mol. The van der Waals surface area contributed by atoms with Crippen molar-refractivity contribution in [1.29, 1.82) is 0 Å². The molecule has 1 aliphatic heterocycles. The Morgan fingerprint density at radius 1 is 0.719 bits per heavy atom. The zero-order valence-corrected chi connectivity index (χ0v) is 18.6. The van der Waals surface area contributed by atoms with Crippen molar-refractivity contribution in [3.05, 3.63) is 58.7 Å². The van der Waals surface area contributed by atoms with Crippen LogP contribution in [0.5, 0.6) is 5.75 Å². The van der Waals surface area contributed by atoms with Gasteiger partial charge in [0, 0.05) is 0 Å². The molecule has 0 amide bonds. The van der Waals surface area contributed by atoms with Crippen LogP contribution in [-0.4, -0.2) is 23.4 Å². The first kappa shape index (κ1) is 26.1. The minimum absolute atomic E-state index is 0.122. The van der Waals surface area contributed by atoms with Crippen LogP contribution in [0, 0.1) is 13.8 Å². The van der Waals surface area contributed by atoms with Gasteiger partial charge in [-0.3, -0.25) is 0 Å². The first-order valence-electron chi connectivity index (χ1n) is 9.75. The molecule has 3 rings (SSSR count). The van der Waals surface area contributed by atoms with E-state index in [1.54, 1.807) is 6.92 Å². The van der Waals surface area contributed by atoms with Gasteiger partial charge in [-0.2, -0.15) is 26.3 Å². The topological polar surface area (TPSA) is 38.7 Å². The van der Waals surface area contributed by atoms with Crippen molar-refractivity contribution in [3.8, 4) is 5.75 Å². The van der Waals surface area contributed by atoms with E-state index in [0.29, 0.717) is 11.0 Å². The summed E-state index contributed by atoms with van der Waals surface area (Å²) in [6.07, 6.45) is -8.67. The third-order valence-corrected chi connectivity index (χ3v) is 5.63. The normalized spacial score (nSPS) is 17.7. The molecule has 1 aliphatic rings. The summed E-state index contributed by atoms with van der Waals surface area (Å²) in [4.78, 5) is 0. The number of hydrogen-bond acceptors (Lipinski definition) is 3. The van der Waals surface area contributed by atoms with Crippen LogP contribution in [0.4, 0.5) is 26.3 Å². The van der Waals surface area contributed by atoms with Gasteiger partial charge in [-0.25, -0.2) is 0 Å². The first-order valence-corrected chi connectivity index (χ1v) is 9.75. The van der Waals surface area contributed by atoms with Gasteiger partial charge in [0.2, 0.25) is 0 Å². The Hall–Kier alpha value is -2.20. The zero-order chi connectivity index (χ0) is 24.7. The van der Waals surface area contributed by atoms with Crippen molar-refractivity contribution in [3.63, 3.8) is 0 Å². The van der Waals surface area contributed by atoms with Gasteiger partial charge in [0.05, 0.1) is 22.3 Å². The largest absolute Gasteiger partial charge is 0.508 e. The highest BCUT2D eigenvalue weighted by atomic mass is 19.4. The Bertz CT molecular complexity index is 951. The van der Waals surface area contributed by atoms with Gasteiger partial charge in [0.15, 0.2) is 0 Å². The lowest BCUT2D eigenvalue weighted by Gasteiger charge is -2.32. The molecule has 1 saturated heterocycles. The number of halogens is 6. The Labute approximate surface area is 183 Å². The fourth-order valence-corrected chi connectivity index (χ4v) is 2.92. The van der Waals surface area contributed by atoms with Gasteiger partial charge in [-0.1, -0.05) is 17.7 Å². The molecule has 0 aliphatic carbocycles. The Morgan fingerprint density at radius 3 is 1.50 bits per heavy atom. The van der Waals surface area contributed by atoms with Gasteiger partial charge >= 0.3 is 19.5 Å². The van der Waals surface area contributed by atoms with Crippen LogP contribution in [0.3, 0.4) is 0 Å². The van der Waals surface area contributed by atoms with Crippen LogP contribution >= 0.6 is 0 Å². The molecule has 0 radical (unpaired) electrons. The fraction of sp³-hybridized carbons (Fsp3) is 0.455. The summed E-state index contributed by atoms with van der Waals surface area (Å²) in [5.74, 6) is -0.122. The molecule has 2 aromatic carbocycles. The summed E-state index contributed by atoms with van der Waals surface area (Å²) in [6.45, 7) is 10.7. The van der Waals surface area contributed by atoms with Gasteiger partial charge in [-0.15, -0.1) is 0 Å². The third kappa shape index (κ3) is 5.78. The van der Waals surface area contributed by atoms with Crippen LogP contribution in [0.25, 0.3) is 0 Å². The molecule has 0 spiro atoms. The van der Waals surface area contributed by atoms with Crippen molar-refractivity contribution >= 4 is 12.6 Å². The zero-order valence-electron chi connectivity index (χ0n) is 18.6. The van der Waals surface area contributed by atoms with E-state index in [9.17, 15) is 26.3 Å². The standard InChI is InChI=1S/C14H18BF3O2.C8H7F3O/c1-9-8-10(14(16,17)18)6-7-11(9)15-19-12(2,3)13(4,5)20-15;1-5-4-6(8(9,10)11)2-3-7(5)12/h6-8H,1-5H3;2-4,12H,1H3. The minimum Gasteiger partial charge on any atom is -0.508 e. The monoisotopic (exact) mass is 462 g/mol. The predicted molar refractivity (Wildman–Crippen MR) is 110 cm³/mol. The molecule has 10 heteroatoms. The van der Waals surface area contributed by atoms with E-state index in [2.05, 4.69) is 0 Å². The average Bonchev–Trinajstić information content (AvgIpc) is 2.83. The lowest BCUT2D eigenvalue weighted by Crippen LogP contribution is -2.41. The maximum absolute atomic E-state index is 12.7. The highest BCUT2D eigenvalue weighted by Gasteiger charge is 2.52. The fourth-order valence-electron chi connectivity index (χ4n) is 2.92. The summed E-state index contributed by atoms with van der Waals surface area (Å²) in [7, 11) is -0.637. The van der Waals surface area contributed by atoms with Gasteiger partial charge in [0.1, 0.15) is 5.75 Å². The Kier molecular flexibility index (Phi) is 7.03. The molecule has 176 valence electrons. The first-order chi connectivity index (χ1) is 14.3. The number of benzene rings is 2. The Morgan fingerprint density at radius 2 is 1.12 bits per heavy atom. The summed E-state index contributed by atoms with van der Waals surface area (Å²) in [5.41, 5.74) is -1.03. The number of phenols is 1. The van der Waals surface area contributed by atoms with Gasteiger partial charge < -0.3 is 14.4 Å². The molecule has 1 fully saturated rings. The predicted octanol–water partition coefficient (Wildman–Crippen LogP) is 6.03. The van der Waals surface area contributed by atoms with E-state index in [-0.39, 0.29) is 11.3 Å². The second-order valence-corrected chi connectivity index (χ2v) is 8.66. The van der Waals surface area contributed by atoms with Gasteiger partial charge in [-0.05, 0) is 76.8 Å². The summed E-state index contributed by atoms with van der Waals surface area (Å²) < 4.78 is 85.7. The van der Waals surface area contributed by atoms with Crippen LogP contribution < -0.4 is 5.46 Å². The lowest BCUT2D eigenvalue weighted by molar-refractivity contribution is -0.138. The van der Waals surface area contributed by atoms with Crippen molar-refractivity contribution in [2.45, 2.75) is 65.1 Å². The molecular weight excluding hydrogens is 437 g/mol. The van der Waals surface area contributed by atoms with Crippen LogP contribution in [0.15, 0.2) is 36.4 Å². The number of aryl methyl sites for hydroxylation is 2. The maximum atomic E-state index is 12.7. The number of rotatable bonds is 1. The van der Waals surface area contributed by atoms with Crippen LogP contribution in [0.1, 0.15) is 49.9 Å². The van der Waals surface area contributed by atoms with E-state index >= 15 is 0 Å². The van der Waals surface area contributed by atoms with Gasteiger partial charge in [0.25, 0.3) is 0 Å². The molecular formula is C22H25BF6O3. The van der Waals surface area contributed by atoms with E-state index < -0.39 is 41.8 Å². The van der Waals surface area contributed by atoms with E-state index in [1.165, 1.54) is 13.0 Å². The lowest BCUT2D eigenvalue weighted by atomic mass is 9.76. The second kappa shape index (κ2) is 8.63. The molecule has 3 nitrogen and oxygen atoms in total. The highest BCUT2D eigenvalue weighted by molar-refractivity contribution is 6.62. The van der Waals surface area contributed by atoms with Crippen molar-refractivity contribution in [2.24, 2.45) is 0 Å². The van der Waals surface area contributed by atoms with Crippen molar-refractivity contribution < 1.29 is 40.8 Å². The number of aromatic hydroxyl groups is 1.